The van der Waals surface area contributed by atoms with E-state index in [9.17, 15) is 23.1 Å². The monoisotopic (exact) mass is 488 g/mol. The van der Waals surface area contributed by atoms with Crippen LogP contribution in [0.25, 0.3) is 0 Å². The highest BCUT2D eigenvalue weighted by molar-refractivity contribution is 5.87. The van der Waals surface area contributed by atoms with Crippen LogP contribution in [0, 0.1) is 5.92 Å². The van der Waals surface area contributed by atoms with E-state index in [0.29, 0.717) is 12.3 Å². The molecule has 7 nitrogen and oxygen atoms in total. The number of amides is 1. The summed E-state index contributed by atoms with van der Waals surface area (Å²) in [6.07, 6.45) is 0.614. The highest BCUT2D eigenvalue weighted by atomic mass is 19.4. The van der Waals surface area contributed by atoms with Gasteiger partial charge in [-0.1, -0.05) is 12.2 Å². The minimum absolute atomic E-state index is 0.258. The van der Waals surface area contributed by atoms with Crippen LogP contribution in [0.15, 0.2) is 41.6 Å². The summed E-state index contributed by atoms with van der Waals surface area (Å²) in [4.78, 5) is 18.5. The lowest BCUT2D eigenvalue weighted by Crippen LogP contribution is -2.57. The van der Waals surface area contributed by atoms with Gasteiger partial charge in [-0.05, 0) is 71.2 Å². The van der Waals surface area contributed by atoms with Crippen molar-refractivity contribution in [2.45, 2.75) is 77.5 Å². The van der Waals surface area contributed by atoms with E-state index in [1.54, 1.807) is 13.1 Å². The average molecular weight is 489 g/mol. The first-order chi connectivity index (χ1) is 15.7. The van der Waals surface area contributed by atoms with Gasteiger partial charge in [0, 0.05) is 13.0 Å². The van der Waals surface area contributed by atoms with Crippen molar-refractivity contribution in [3.63, 3.8) is 0 Å². The number of nitrogens with zero attached hydrogens (tertiary/aromatic N) is 2. The van der Waals surface area contributed by atoms with Crippen molar-refractivity contribution in [2.24, 2.45) is 10.9 Å². The molecule has 0 spiro atoms. The molecule has 0 heterocycles. The molecule has 2 atom stereocenters. The minimum atomic E-state index is -4.60. The Labute approximate surface area is 200 Å². The zero-order valence-electron chi connectivity index (χ0n) is 20.8. The van der Waals surface area contributed by atoms with Crippen LogP contribution in [-0.2, 0) is 9.53 Å². The van der Waals surface area contributed by atoms with Crippen LogP contribution in [0.2, 0.25) is 0 Å². The molecule has 1 aliphatic rings. The summed E-state index contributed by atoms with van der Waals surface area (Å²) in [5.41, 5.74) is -0.465. The van der Waals surface area contributed by atoms with Gasteiger partial charge in [0.1, 0.15) is 24.5 Å². The zero-order chi connectivity index (χ0) is 26.1. The molecular weight excluding hydrogens is 449 g/mol. The Morgan fingerprint density at radius 3 is 2.38 bits per heavy atom. The number of hydrogen-bond donors (Lipinski definition) is 3. The number of alkyl halides is 3. The van der Waals surface area contributed by atoms with Gasteiger partial charge in [-0.2, -0.15) is 13.2 Å². The summed E-state index contributed by atoms with van der Waals surface area (Å²) in [6.45, 7) is 12.8. The Morgan fingerprint density at radius 2 is 1.91 bits per heavy atom. The Hall–Kier alpha value is -2.33. The van der Waals surface area contributed by atoms with E-state index in [1.807, 2.05) is 12.2 Å². The summed E-state index contributed by atoms with van der Waals surface area (Å²) in [5.74, 6) is -0.169. The van der Waals surface area contributed by atoms with E-state index in [4.69, 9.17) is 4.74 Å². The van der Waals surface area contributed by atoms with Crippen molar-refractivity contribution in [3.8, 4) is 0 Å². The number of aliphatic hydroxyl groups excluding tert-OH is 1. The molecule has 0 aromatic rings. The topological polar surface area (TPSA) is 86.2 Å². The van der Waals surface area contributed by atoms with Crippen molar-refractivity contribution < 1.29 is 27.8 Å². The molecule has 34 heavy (non-hydrogen) atoms. The van der Waals surface area contributed by atoms with E-state index in [0.717, 1.165) is 44.3 Å². The summed E-state index contributed by atoms with van der Waals surface area (Å²) in [5, 5.41) is 15.1. The van der Waals surface area contributed by atoms with E-state index < -0.39 is 36.6 Å². The van der Waals surface area contributed by atoms with Crippen LogP contribution in [0.1, 0.15) is 53.4 Å². The summed E-state index contributed by atoms with van der Waals surface area (Å²) >= 11 is 0. The van der Waals surface area contributed by atoms with E-state index in [1.165, 1.54) is 18.1 Å². The van der Waals surface area contributed by atoms with Gasteiger partial charge in [-0.15, -0.1) is 6.58 Å². The molecule has 1 aliphatic carbocycles. The van der Waals surface area contributed by atoms with Crippen molar-refractivity contribution in [2.75, 3.05) is 20.2 Å². The Bertz CT molecular complexity index is 774. The molecule has 0 bridgehead atoms. The van der Waals surface area contributed by atoms with Crippen LogP contribution in [0.5, 0.6) is 0 Å². The fraction of sp³-hybridized carbons (Fsp3) is 0.667. The first kappa shape index (κ1) is 29.7. The smallest absolute Gasteiger partial charge is 0.374 e. The number of nitrogens with one attached hydrogen (secondary N) is 2. The summed E-state index contributed by atoms with van der Waals surface area (Å²) < 4.78 is 44.9. The number of aliphatic hydroxyl groups is 1. The SMILES string of the molecule is C=CC(OC)N(CC(=O)NC(C)(C)C(F)(F)F)/C(C)=N\C/C(=C\NC(O)C1CC1)CCC(=C)C. The van der Waals surface area contributed by atoms with Crippen LogP contribution in [-0.4, -0.2) is 66.1 Å². The van der Waals surface area contributed by atoms with Crippen molar-refractivity contribution in [3.05, 3.63) is 36.6 Å². The molecule has 1 saturated carbocycles. The third kappa shape index (κ3) is 9.89. The molecule has 0 saturated heterocycles. The molecule has 2 unspecified atom stereocenters. The highest BCUT2D eigenvalue weighted by Crippen LogP contribution is 2.31. The van der Waals surface area contributed by atoms with Crippen LogP contribution >= 0.6 is 0 Å². The molecule has 0 aliphatic heterocycles. The van der Waals surface area contributed by atoms with Crippen LogP contribution in [0.4, 0.5) is 13.2 Å². The van der Waals surface area contributed by atoms with Gasteiger partial charge in [0.25, 0.3) is 0 Å². The number of hydrogen-bond acceptors (Lipinski definition) is 5. The number of aliphatic imine (C=N–C) groups is 1. The fourth-order valence-electron chi connectivity index (χ4n) is 2.98. The molecule has 0 aromatic carbocycles. The lowest BCUT2D eigenvalue weighted by atomic mass is 10.1. The van der Waals surface area contributed by atoms with Gasteiger partial charge in [-0.3, -0.25) is 9.79 Å². The number of methoxy groups -OCH3 is 1. The predicted molar refractivity (Wildman–Crippen MR) is 128 cm³/mol. The molecule has 10 heteroatoms. The molecular formula is C24H39F3N4O3. The lowest BCUT2D eigenvalue weighted by molar-refractivity contribution is -0.188. The quantitative estimate of drug-likeness (QED) is 0.150. The second-order valence-corrected chi connectivity index (χ2v) is 9.23. The normalized spacial score (nSPS) is 17.1. The average Bonchev–Trinajstić information content (AvgIpc) is 3.57. The van der Waals surface area contributed by atoms with Crippen molar-refractivity contribution in [1.29, 1.82) is 0 Å². The second kappa shape index (κ2) is 12.9. The van der Waals surface area contributed by atoms with E-state index in [-0.39, 0.29) is 12.5 Å². The molecule has 0 aromatic heterocycles. The third-order valence-corrected chi connectivity index (χ3v) is 5.55. The van der Waals surface area contributed by atoms with Gasteiger partial charge in [0.2, 0.25) is 5.91 Å². The Morgan fingerprint density at radius 1 is 1.29 bits per heavy atom. The van der Waals surface area contributed by atoms with Gasteiger partial charge < -0.3 is 25.4 Å². The standard InChI is InChI=1S/C24H39F3N4O3/c1-8-21(34-7)31(15-20(32)30-23(5,6)24(25,26)27)17(4)28-13-18(10-9-16(2)3)14-29-22(33)19-11-12-19/h8,14,19,21-22,29,33H,1-2,9-13,15H2,3-7H3,(H,30,32)/b18-14-,28-17-. The predicted octanol–water partition coefficient (Wildman–Crippen LogP) is 3.88. The summed E-state index contributed by atoms with van der Waals surface area (Å²) in [6, 6.07) is 0. The first-order valence-electron chi connectivity index (χ1n) is 11.3. The number of carbonyl (C=O) groups is 1. The number of carbonyl (C=O) groups excluding carboxylic acids is 1. The van der Waals surface area contributed by atoms with Crippen LogP contribution in [0.3, 0.4) is 0 Å². The fourth-order valence-corrected chi connectivity index (χ4v) is 2.98. The molecule has 1 rings (SSSR count). The maximum atomic E-state index is 13.2. The molecule has 194 valence electrons. The lowest BCUT2D eigenvalue weighted by Gasteiger charge is -2.33. The number of ether oxygens (including phenoxy) is 1. The van der Waals surface area contributed by atoms with Crippen molar-refractivity contribution >= 4 is 11.7 Å². The molecule has 1 amide bonds. The summed E-state index contributed by atoms with van der Waals surface area (Å²) in [7, 11) is 1.41. The number of amidine groups is 1. The zero-order valence-corrected chi connectivity index (χ0v) is 20.8. The maximum absolute atomic E-state index is 13.2. The van der Waals surface area contributed by atoms with E-state index in [2.05, 4.69) is 23.5 Å². The molecule has 0 radical (unpaired) electrons. The van der Waals surface area contributed by atoms with Gasteiger partial charge in [0.15, 0.2) is 0 Å². The molecule has 3 N–H and O–H groups in total. The van der Waals surface area contributed by atoms with Gasteiger partial charge in [0.05, 0.1) is 12.4 Å². The van der Waals surface area contributed by atoms with Gasteiger partial charge >= 0.3 is 6.18 Å². The number of halogens is 3. The Kier molecular flexibility index (Phi) is 11.3. The molecule has 1 fully saturated rings. The highest BCUT2D eigenvalue weighted by Gasteiger charge is 2.48. The van der Waals surface area contributed by atoms with Crippen molar-refractivity contribution in [1.82, 2.24) is 15.5 Å². The first-order valence-corrected chi connectivity index (χ1v) is 11.3. The third-order valence-electron chi connectivity index (χ3n) is 5.55. The Balaban J connectivity index is 2.99. The van der Waals surface area contributed by atoms with Crippen LogP contribution < -0.4 is 10.6 Å². The second-order valence-electron chi connectivity index (χ2n) is 9.23. The minimum Gasteiger partial charge on any atom is -0.374 e. The largest absolute Gasteiger partial charge is 0.410 e. The van der Waals surface area contributed by atoms with E-state index >= 15 is 0 Å². The van der Waals surface area contributed by atoms with Gasteiger partial charge in [-0.25, -0.2) is 0 Å². The number of rotatable bonds is 14. The maximum Gasteiger partial charge on any atom is 0.410 e. The number of allylic oxidation sites excluding steroid dienone is 1.